The van der Waals surface area contributed by atoms with Crippen LogP contribution in [0.3, 0.4) is 0 Å². The van der Waals surface area contributed by atoms with Gasteiger partial charge >= 0.3 is 6.09 Å². The first-order chi connectivity index (χ1) is 8.31. The number of aldehydes is 1. The minimum absolute atomic E-state index is 0.138. The lowest BCUT2D eigenvalue weighted by atomic mass is 10.0. The molecule has 0 spiro atoms. The molecular weight excluding hydrogens is 230 g/mol. The van der Waals surface area contributed by atoms with Gasteiger partial charge in [-0.15, -0.1) is 0 Å². The molecule has 1 aromatic carbocycles. The van der Waals surface area contributed by atoms with Gasteiger partial charge in [-0.1, -0.05) is 19.1 Å². The number of anilines is 1. The Kier molecular flexibility index (Phi) is 4.48. The van der Waals surface area contributed by atoms with Crippen LogP contribution in [0.1, 0.15) is 39.2 Å². The highest BCUT2D eigenvalue weighted by Crippen LogP contribution is 2.17. The highest BCUT2D eigenvalue weighted by Gasteiger charge is 2.16. The molecule has 0 radical (unpaired) electrons. The maximum Gasteiger partial charge on any atom is 0.412 e. The van der Waals surface area contributed by atoms with Crippen LogP contribution in [-0.2, 0) is 9.53 Å². The molecule has 0 heterocycles. The minimum Gasteiger partial charge on any atom is -0.444 e. The normalized spacial score (nSPS) is 12.7. The van der Waals surface area contributed by atoms with Crippen LogP contribution < -0.4 is 5.32 Å². The molecule has 1 atom stereocenters. The first-order valence-corrected chi connectivity index (χ1v) is 5.87. The zero-order chi connectivity index (χ0) is 13.8. The second-order valence-electron chi connectivity index (χ2n) is 5.17. The van der Waals surface area contributed by atoms with Crippen molar-refractivity contribution in [1.29, 1.82) is 0 Å². The number of carbonyl (C=O) groups excluding carboxylic acids is 2. The van der Waals surface area contributed by atoms with Crippen molar-refractivity contribution in [1.82, 2.24) is 0 Å². The average Bonchev–Trinajstić information content (AvgIpc) is 2.26. The maximum absolute atomic E-state index is 11.5. The van der Waals surface area contributed by atoms with E-state index >= 15 is 0 Å². The van der Waals surface area contributed by atoms with Crippen LogP contribution in [0.15, 0.2) is 24.3 Å². The lowest BCUT2D eigenvalue weighted by Gasteiger charge is -2.19. The lowest BCUT2D eigenvalue weighted by molar-refractivity contribution is -0.108. The molecule has 0 aliphatic rings. The quantitative estimate of drug-likeness (QED) is 0.836. The lowest BCUT2D eigenvalue weighted by Crippen LogP contribution is -2.27. The van der Waals surface area contributed by atoms with Gasteiger partial charge in [-0.3, -0.25) is 5.32 Å². The van der Waals surface area contributed by atoms with Crippen LogP contribution in [0.2, 0.25) is 0 Å². The van der Waals surface area contributed by atoms with Gasteiger partial charge in [0, 0.05) is 11.6 Å². The van der Waals surface area contributed by atoms with Crippen molar-refractivity contribution in [3.63, 3.8) is 0 Å². The van der Waals surface area contributed by atoms with Gasteiger partial charge in [0.1, 0.15) is 11.9 Å². The Morgan fingerprint density at radius 1 is 1.28 bits per heavy atom. The first kappa shape index (κ1) is 14.2. The summed E-state index contributed by atoms with van der Waals surface area (Å²) < 4.78 is 5.13. The van der Waals surface area contributed by atoms with E-state index in [2.05, 4.69) is 5.32 Å². The van der Waals surface area contributed by atoms with Crippen LogP contribution in [0.4, 0.5) is 10.5 Å². The fourth-order valence-electron chi connectivity index (χ4n) is 1.37. The van der Waals surface area contributed by atoms with Gasteiger partial charge < -0.3 is 9.53 Å². The molecule has 0 bridgehead atoms. The largest absolute Gasteiger partial charge is 0.444 e. The number of amides is 1. The van der Waals surface area contributed by atoms with E-state index < -0.39 is 11.7 Å². The summed E-state index contributed by atoms with van der Waals surface area (Å²) in [5.74, 6) is -0.138. The zero-order valence-electron chi connectivity index (χ0n) is 11.2. The summed E-state index contributed by atoms with van der Waals surface area (Å²) in [5.41, 5.74) is 1.04. The molecule has 1 amide bonds. The van der Waals surface area contributed by atoms with Crippen molar-refractivity contribution in [2.45, 2.75) is 39.2 Å². The predicted octanol–water partition coefficient (Wildman–Crippen LogP) is 3.34. The van der Waals surface area contributed by atoms with Gasteiger partial charge in [0.05, 0.1) is 0 Å². The van der Waals surface area contributed by atoms with Crippen LogP contribution in [0.5, 0.6) is 0 Å². The number of hydrogen-bond acceptors (Lipinski definition) is 3. The number of ether oxygens (including phenoxy) is 1. The Morgan fingerprint density at radius 3 is 2.28 bits per heavy atom. The topological polar surface area (TPSA) is 55.4 Å². The van der Waals surface area contributed by atoms with Crippen molar-refractivity contribution in [3.8, 4) is 0 Å². The predicted molar refractivity (Wildman–Crippen MR) is 70.8 cm³/mol. The van der Waals surface area contributed by atoms with E-state index in [1.54, 1.807) is 32.9 Å². The monoisotopic (exact) mass is 249 g/mol. The van der Waals surface area contributed by atoms with Gasteiger partial charge in [-0.25, -0.2) is 4.79 Å². The Bertz CT molecular complexity index is 418. The number of hydrogen-bond donors (Lipinski definition) is 1. The van der Waals surface area contributed by atoms with Crippen LogP contribution in [0.25, 0.3) is 0 Å². The summed E-state index contributed by atoms with van der Waals surface area (Å²) >= 11 is 0. The average molecular weight is 249 g/mol. The molecule has 0 saturated carbocycles. The standard InChI is InChI=1S/C14H19NO3/c1-10(9-16)11-5-7-12(8-6-11)15-13(17)18-14(2,3)4/h5-10H,1-4H3,(H,15,17). The fraction of sp³-hybridized carbons (Fsp3) is 0.429. The van der Waals surface area contributed by atoms with Crippen molar-refractivity contribution in [3.05, 3.63) is 29.8 Å². The van der Waals surface area contributed by atoms with Crippen LogP contribution in [0, 0.1) is 0 Å². The molecule has 1 rings (SSSR count). The SMILES string of the molecule is CC(C=O)c1ccc(NC(=O)OC(C)(C)C)cc1. The molecule has 98 valence electrons. The van der Waals surface area contributed by atoms with E-state index in [1.807, 2.05) is 19.1 Å². The van der Waals surface area contributed by atoms with Gasteiger partial charge in [-0.2, -0.15) is 0 Å². The van der Waals surface area contributed by atoms with Gasteiger partial charge in [0.15, 0.2) is 0 Å². The summed E-state index contributed by atoms with van der Waals surface area (Å²) in [6.45, 7) is 7.24. The smallest absolute Gasteiger partial charge is 0.412 e. The third-order valence-electron chi connectivity index (χ3n) is 2.29. The van der Waals surface area contributed by atoms with Crippen molar-refractivity contribution in [2.75, 3.05) is 5.32 Å². The molecule has 1 unspecified atom stereocenters. The highest BCUT2D eigenvalue weighted by atomic mass is 16.6. The summed E-state index contributed by atoms with van der Waals surface area (Å²) in [7, 11) is 0. The van der Waals surface area contributed by atoms with Crippen LogP contribution in [-0.4, -0.2) is 18.0 Å². The number of rotatable bonds is 3. The Labute approximate surface area is 107 Å². The second kappa shape index (κ2) is 5.67. The highest BCUT2D eigenvalue weighted by molar-refractivity contribution is 5.84. The minimum atomic E-state index is -0.518. The maximum atomic E-state index is 11.5. The Hall–Kier alpha value is -1.84. The molecule has 0 aliphatic carbocycles. The summed E-state index contributed by atoms with van der Waals surface area (Å²) in [4.78, 5) is 22.1. The zero-order valence-corrected chi connectivity index (χ0v) is 11.2. The summed E-state index contributed by atoms with van der Waals surface area (Å²) in [5, 5.41) is 2.63. The van der Waals surface area contributed by atoms with E-state index in [0.29, 0.717) is 5.69 Å². The molecule has 1 aromatic rings. The number of benzene rings is 1. The number of nitrogens with one attached hydrogen (secondary N) is 1. The van der Waals surface area contributed by atoms with E-state index in [0.717, 1.165) is 11.8 Å². The summed E-state index contributed by atoms with van der Waals surface area (Å²) in [6, 6.07) is 7.12. The Morgan fingerprint density at radius 2 is 1.83 bits per heavy atom. The second-order valence-corrected chi connectivity index (χ2v) is 5.17. The van der Waals surface area contributed by atoms with E-state index in [4.69, 9.17) is 4.74 Å². The molecule has 0 saturated heterocycles. The van der Waals surface area contributed by atoms with Crippen molar-refractivity contribution < 1.29 is 14.3 Å². The third-order valence-corrected chi connectivity index (χ3v) is 2.29. The summed E-state index contributed by atoms with van der Waals surface area (Å²) in [6.07, 6.45) is 0.398. The van der Waals surface area contributed by atoms with E-state index in [1.165, 1.54) is 0 Å². The molecular formula is C14H19NO3. The number of carbonyl (C=O) groups is 2. The molecule has 0 fully saturated rings. The molecule has 0 aliphatic heterocycles. The van der Waals surface area contributed by atoms with E-state index in [-0.39, 0.29) is 5.92 Å². The molecule has 18 heavy (non-hydrogen) atoms. The molecule has 4 nitrogen and oxygen atoms in total. The van der Waals surface area contributed by atoms with E-state index in [9.17, 15) is 9.59 Å². The third kappa shape index (κ3) is 4.57. The van der Waals surface area contributed by atoms with Gasteiger partial charge in [-0.05, 0) is 38.5 Å². The van der Waals surface area contributed by atoms with Crippen molar-refractivity contribution in [2.24, 2.45) is 0 Å². The fourth-order valence-corrected chi connectivity index (χ4v) is 1.37. The van der Waals surface area contributed by atoms with Crippen LogP contribution >= 0.6 is 0 Å². The van der Waals surface area contributed by atoms with Gasteiger partial charge in [0.2, 0.25) is 0 Å². The molecule has 4 heteroatoms. The molecule has 1 N–H and O–H groups in total. The van der Waals surface area contributed by atoms with Gasteiger partial charge in [0.25, 0.3) is 0 Å². The van der Waals surface area contributed by atoms with Crippen molar-refractivity contribution >= 4 is 18.1 Å². The Balaban J connectivity index is 2.64. The first-order valence-electron chi connectivity index (χ1n) is 5.87. The molecule has 0 aromatic heterocycles.